The summed E-state index contributed by atoms with van der Waals surface area (Å²) in [6.45, 7) is 9.11. The summed E-state index contributed by atoms with van der Waals surface area (Å²) in [5.74, 6) is 7.07. The summed E-state index contributed by atoms with van der Waals surface area (Å²) < 4.78 is 5.72. The molecule has 0 N–H and O–H groups in total. The highest BCUT2D eigenvalue weighted by molar-refractivity contribution is 5.43. The zero-order valence-corrected chi connectivity index (χ0v) is 11.4. The van der Waals surface area contributed by atoms with Gasteiger partial charge in [0.2, 0.25) is 0 Å². The van der Waals surface area contributed by atoms with E-state index in [9.17, 15) is 0 Å². The Bertz CT molecular complexity index is 421. The van der Waals surface area contributed by atoms with Crippen LogP contribution in [-0.2, 0) is 6.42 Å². The van der Waals surface area contributed by atoms with Crippen LogP contribution in [0.15, 0.2) is 12.1 Å². The monoisotopic (exact) mass is 230 g/mol. The van der Waals surface area contributed by atoms with Gasteiger partial charge in [-0.3, -0.25) is 0 Å². The zero-order chi connectivity index (χ0) is 12.7. The van der Waals surface area contributed by atoms with Gasteiger partial charge < -0.3 is 4.74 Å². The molecule has 0 saturated heterocycles. The molecule has 0 saturated carbocycles. The van der Waals surface area contributed by atoms with Crippen molar-refractivity contribution in [2.24, 2.45) is 0 Å². The lowest BCUT2D eigenvalue weighted by Gasteiger charge is -2.13. The number of hydrogen-bond acceptors (Lipinski definition) is 1. The predicted molar refractivity (Wildman–Crippen MR) is 73.5 cm³/mol. The van der Waals surface area contributed by atoms with E-state index in [-0.39, 0.29) is 0 Å². The van der Waals surface area contributed by atoms with E-state index >= 15 is 0 Å². The third kappa shape index (κ3) is 3.82. The summed E-state index contributed by atoms with van der Waals surface area (Å²) in [5, 5.41) is 0. The predicted octanol–water partition coefficient (Wildman–Crippen LogP) is 4.05. The molecule has 1 rings (SSSR count). The Morgan fingerprint density at radius 2 is 1.94 bits per heavy atom. The van der Waals surface area contributed by atoms with Crippen LogP contribution in [-0.4, -0.2) is 6.61 Å². The van der Waals surface area contributed by atoms with Gasteiger partial charge in [0.15, 0.2) is 0 Å². The normalized spacial score (nSPS) is 9.65. The highest BCUT2D eigenvalue weighted by Crippen LogP contribution is 2.25. The molecular weight excluding hydrogens is 208 g/mol. The lowest BCUT2D eigenvalue weighted by Crippen LogP contribution is -2.00. The van der Waals surface area contributed by atoms with Crippen LogP contribution in [0, 0.1) is 25.7 Å². The van der Waals surface area contributed by atoms with E-state index in [2.05, 4.69) is 44.7 Å². The molecular formula is C16H22O. The molecule has 0 radical (unpaired) electrons. The molecule has 0 aromatic heterocycles. The smallest absolute Gasteiger partial charge is 0.122 e. The summed E-state index contributed by atoms with van der Waals surface area (Å²) in [6, 6.07) is 4.26. The van der Waals surface area contributed by atoms with Crippen molar-refractivity contribution in [2.75, 3.05) is 6.61 Å². The van der Waals surface area contributed by atoms with Crippen molar-refractivity contribution in [3.63, 3.8) is 0 Å². The number of benzene rings is 1. The quantitative estimate of drug-likeness (QED) is 0.693. The fraction of sp³-hybridized carbons (Fsp3) is 0.500. The van der Waals surface area contributed by atoms with Crippen LogP contribution in [0.25, 0.3) is 0 Å². The molecule has 0 heterocycles. The van der Waals surface area contributed by atoms with E-state index in [1.807, 2.05) is 6.92 Å². The first-order chi connectivity index (χ1) is 8.20. The van der Waals surface area contributed by atoms with E-state index < -0.39 is 0 Å². The maximum absolute atomic E-state index is 5.72. The van der Waals surface area contributed by atoms with Crippen LogP contribution in [0.2, 0.25) is 0 Å². The first kappa shape index (κ1) is 13.6. The summed E-state index contributed by atoms with van der Waals surface area (Å²) >= 11 is 0. The Kier molecular flexibility index (Phi) is 5.63. The maximum atomic E-state index is 5.72. The van der Waals surface area contributed by atoms with Crippen LogP contribution >= 0.6 is 0 Å². The Morgan fingerprint density at radius 3 is 2.59 bits per heavy atom. The number of ether oxygens (including phenoxy) is 1. The molecule has 0 aliphatic rings. The van der Waals surface area contributed by atoms with Gasteiger partial charge in [0, 0.05) is 6.42 Å². The van der Waals surface area contributed by atoms with Crippen LogP contribution in [0.4, 0.5) is 0 Å². The highest BCUT2D eigenvalue weighted by Gasteiger charge is 2.06. The van der Waals surface area contributed by atoms with Crippen molar-refractivity contribution in [1.29, 1.82) is 0 Å². The molecule has 17 heavy (non-hydrogen) atoms. The second-order valence-corrected chi connectivity index (χ2v) is 4.25. The molecule has 1 aromatic rings. The van der Waals surface area contributed by atoms with Crippen LogP contribution < -0.4 is 4.74 Å². The molecule has 0 aliphatic heterocycles. The topological polar surface area (TPSA) is 9.23 Å². The first-order valence-electron chi connectivity index (χ1n) is 6.32. The van der Waals surface area contributed by atoms with Crippen molar-refractivity contribution in [1.82, 2.24) is 0 Å². The van der Waals surface area contributed by atoms with Gasteiger partial charge in [-0.1, -0.05) is 13.0 Å². The fourth-order valence-electron chi connectivity index (χ4n) is 1.81. The Labute approximate surface area is 105 Å². The van der Waals surface area contributed by atoms with Crippen molar-refractivity contribution in [3.8, 4) is 17.6 Å². The molecule has 1 aromatic carbocycles. The van der Waals surface area contributed by atoms with Crippen molar-refractivity contribution >= 4 is 0 Å². The van der Waals surface area contributed by atoms with Gasteiger partial charge in [-0.15, -0.1) is 11.8 Å². The molecule has 1 nitrogen and oxygen atoms in total. The molecule has 0 amide bonds. The minimum absolute atomic E-state index is 0.793. The number of rotatable bonds is 5. The molecule has 0 spiro atoms. The molecule has 0 aliphatic carbocycles. The summed E-state index contributed by atoms with van der Waals surface area (Å²) in [6.07, 6.45) is 3.01. The second-order valence-electron chi connectivity index (χ2n) is 4.25. The van der Waals surface area contributed by atoms with Crippen LogP contribution in [0.3, 0.4) is 0 Å². The third-order valence-corrected chi connectivity index (χ3v) is 3.01. The van der Waals surface area contributed by atoms with Crippen LogP contribution in [0.1, 0.15) is 43.4 Å². The Morgan fingerprint density at radius 1 is 1.18 bits per heavy atom. The highest BCUT2D eigenvalue weighted by atomic mass is 16.5. The largest absolute Gasteiger partial charge is 0.493 e. The Hall–Kier alpha value is -1.42. The first-order valence-corrected chi connectivity index (χ1v) is 6.32. The van der Waals surface area contributed by atoms with Gasteiger partial charge in [0.1, 0.15) is 5.75 Å². The molecule has 0 unspecified atom stereocenters. The zero-order valence-electron chi connectivity index (χ0n) is 11.4. The molecule has 0 bridgehead atoms. The minimum Gasteiger partial charge on any atom is -0.493 e. The molecule has 0 fully saturated rings. The van der Waals surface area contributed by atoms with Crippen molar-refractivity contribution in [2.45, 2.75) is 47.0 Å². The van der Waals surface area contributed by atoms with Gasteiger partial charge in [0.05, 0.1) is 6.61 Å². The molecule has 1 heteroatoms. The maximum Gasteiger partial charge on any atom is 0.122 e. The molecule has 0 atom stereocenters. The van der Waals surface area contributed by atoms with E-state index in [1.165, 1.54) is 16.7 Å². The molecule has 92 valence electrons. The number of aryl methyl sites for hydroxylation is 1. The SMILES string of the molecule is CC#CCCc1ccc(OCCC)c(C)c1C. The summed E-state index contributed by atoms with van der Waals surface area (Å²) in [4.78, 5) is 0. The summed E-state index contributed by atoms with van der Waals surface area (Å²) in [5.41, 5.74) is 3.99. The lowest BCUT2D eigenvalue weighted by molar-refractivity contribution is 0.315. The van der Waals surface area contributed by atoms with Crippen LogP contribution in [0.5, 0.6) is 5.75 Å². The minimum atomic E-state index is 0.793. The van der Waals surface area contributed by atoms with E-state index in [4.69, 9.17) is 4.74 Å². The second kappa shape index (κ2) is 7.01. The van der Waals surface area contributed by atoms with Gasteiger partial charge in [-0.2, -0.15) is 0 Å². The Balaban J connectivity index is 2.81. The average Bonchev–Trinajstić information content (AvgIpc) is 2.34. The van der Waals surface area contributed by atoms with Gasteiger partial charge in [-0.25, -0.2) is 0 Å². The fourth-order valence-corrected chi connectivity index (χ4v) is 1.81. The third-order valence-electron chi connectivity index (χ3n) is 3.01. The van der Waals surface area contributed by atoms with Gasteiger partial charge >= 0.3 is 0 Å². The van der Waals surface area contributed by atoms with Gasteiger partial charge in [-0.05, 0) is 56.4 Å². The van der Waals surface area contributed by atoms with Crippen molar-refractivity contribution in [3.05, 3.63) is 28.8 Å². The van der Waals surface area contributed by atoms with E-state index in [0.717, 1.165) is 31.6 Å². The number of hydrogen-bond donors (Lipinski definition) is 0. The van der Waals surface area contributed by atoms with Gasteiger partial charge in [0.25, 0.3) is 0 Å². The average molecular weight is 230 g/mol. The lowest BCUT2D eigenvalue weighted by atomic mass is 9.99. The van der Waals surface area contributed by atoms with Crippen molar-refractivity contribution < 1.29 is 4.74 Å². The van der Waals surface area contributed by atoms with E-state index in [1.54, 1.807) is 0 Å². The standard InChI is InChI=1S/C16H22O/c1-5-7-8-9-15-10-11-16(17-12-6-2)14(4)13(15)3/h10-11H,6,8-9,12H2,1-4H3. The van der Waals surface area contributed by atoms with E-state index in [0.29, 0.717) is 0 Å². The summed E-state index contributed by atoms with van der Waals surface area (Å²) in [7, 11) is 0.